The molecule has 1 aliphatic heterocycles. The number of rotatable bonds is 6. The normalized spacial score (nSPS) is 14.8. The van der Waals surface area contributed by atoms with Gasteiger partial charge < -0.3 is 20.5 Å². The molecular weight excluding hydrogens is 394 g/mol. The first-order chi connectivity index (χ1) is 15.1. The first kappa shape index (κ1) is 20.8. The zero-order chi connectivity index (χ0) is 21.8. The second-order valence-electron chi connectivity index (χ2n) is 7.53. The Morgan fingerprint density at radius 2 is 2.03 bits per heavy atom. The number of benzene rings is 1. The highest BCUT2D eigenvalue weighted by molar-refractivity contribution is 5.53. The van der Waals surface area contributed by atoms with Crippen molar-refractivity contribution in [2.24, 2.45) is 5.73 Å². The summed E-state index contributed by atoms with van der Waals surface area (Å²) >= 11 is 0. The Hall–Kier alpha value is -3.48. The molecule has 3 N–H and O–H groups in total. The summed E-state index contributed by atoms with van der Waals surface area (Å²) in [6.45, 7) is 3.86. The Labute approximate surface area is 180 Å². The van der Waals surface area contributed by atoms with E-state index in [0.29, 0.717) is 34.3 Å². The fraction of sp³-hybridized carbons (Fsp3) is 0.364. The van der Waals surface area contributed by atoms with E-state index in [1.165, 1.54) is 6.42 Å². The van der Waals surface area contributed by atoms with E-state index in [4.69, 9.17) is 10.5 Å². The van der Waals surface area contributed by atoms with Crippen molar-refractivity contribution in [3.05, 3.63) is 53.6 Å². The van der Waals surface area contributed by atoms with Crippen molar-refractivity contribution in [2.45, 2.75) is 32.3 Å². The van der Waals surface area contributed by atoms with E-state index >= 15 is 0 Å². The fourth-order valence-electron chi connectivity index (χ4n) is 3.61. The maximum Gasteiger partial charge on any atom is 0.224 e. The monoisotopic (exact) mass is 419 g/mol. The number of aromatic nitrogens is 4. The van der Waals surface area contributed by atoms with Gasteiger partial charge in [0.05, 0.1) is 23.9 Å². The average Bonchev–Trinajstić information content (AvgIpc) is 3.28. The van der Waals surface area contributed by atoms with Crippen molar-refractivity contribution < 1.29 is 9.84 Å². The quantitative estimate of drug-likeness (QED) is 0.624. The molecule has 1 aromatic carbocycles. The average molecular weight is 419 g/mol. The summed E-state index contributed by atoms with van der Waals surface area (Å²) in [5.41, 5.74) is 7.22. The van der Waals surface area contributed by atoms with Gasteiger partial charge in [0, 0.05) is 43.5 Å². The highest BCUT2D eigenvalue weighted by Crippen LogP contribution is 2.31. The second kappa shape index (κ2) is 9.12. The number of anilines is 1. The summed E-state index contributed by atoms with van der Waals surface area (Å²) < 4.78 is 7.73. The van der Waals surface area contributed by atoms with Gasteiger partial charge in [-0.2, -0.15) is 15.3 Å². The number of hydrogen-bond acceptors (Lipinski definition) is 8. The molecule has 31 heavy (non-hydrogen) atoms. The van der Waals surface area contributed by atoms with Crippen LogP contribution in [-0.2, 0) is 0 Å². The molecule has 0 bridgehead atoms. The summed E-state index contributed by atoms with van der Waals surface area (Å²) in [4.78, 5) is 11.2. The van der Waals surface area contributed by atoms with Gasteiger partial charge in [0.15, 0.2) is 5.75 Å². The van der Waals surface area contributed by atoms with Crippen LogP contribution < -0.4 is 15.4 Å². The molecule has 3 aromatic rings. The van der Waals surface area contributed by atoms with E-state index in [1.54, 1.807) is 35.3 Å². The summed E-state index contributed by atoms with van der Waals surface area (Å²) in [5.74, 6) is 2.29. The summed E-state index contributed by atoms with van der Waals surface area (Å²) in [6, 6.07) is 9.04. The van der Waals surface area contributed by atoms with Crippen molar-refractivity contribution in [3.63, 3.8) is 0 Å². The molecule has 1 saturated heterocycles. The highest BCUT2D eigenvalue weighted by atomic mass is 16.5. The Morgan fingerprint density at radius 1 is 1.23 bits per heavy atom. The van der Waals surface area contributed by atoms with E-state index in [2.05, 4.69) is 26.0 Å². The molecular formula is C22H25N7O2. The predicted molar refractivity (Wildman–Crippen MR) is 115 cm³/mol. The SMILES string of the molecule is Cc1nc(Oc2cc(C#N)ccc2-n2cc([C@@H](O)CN)cn2)cc(N2CCCCC2)n1. The largest absolute Gasteiger partial charge is 0.437 e. The van der Waals surface area contributed by atoms with E-state index in [-0.39, 0.29) is 6.54 Å². The van der Waals surface area contributed by atoms with Crippen LogP contribution in [0.3, 0.4) is 0 Å². The van der Waals surface area contributed by atoms with Crippen LogP contribution >= 0.6 is 0 Å². The van der Waals surface area contributed by atoms with E-state index in [0.717, 1.165) is 31.7 Å². The topological polar surface area (TPSA) is 126 Å². The molecule has 1 aliphatic rings. The Kier molecular flexibility index (Phi) is 6.11. The van der Waals surface area contributed by atoms with Crippen LogP contribution in [0.1, 0.15) is 42.3 Å². The molecule has 0 saturated carbocycles. The standard InChI is InChI=1S/C22H25N7O2/c1-15-26-21(28-7-3-2-4-8-28)10-22(27-15)31-20-9-16(11-23)5-6-18(20)29-14-17(13-25-29)19(30)12-24/h5-6,9-10,13-14,19,30H,2-4,7-8,12,24H2,1H3/t19-/m0/s1. The third-order valence-corrected chi connectivity index (χ3v) is 5.24. The summed E-state index contributed by atoms with van der Waals surface area (Å²) in [5, 5.41) is 23.7. The number of ether oxygens (including phenoxy) is 1. The molecule has 9 nitrogen and oxygen atoms in total. The molecule has 0 aliphatic carbocycles. The molecule has 0 spiro atoms. The number of nitriles is 1. The van der Waals surface area contributed by atoms with Crippen LogP contribution in [0.15, 0.2) is 36.7 Å². The zero-order valence-corrected chi connectivity index (χ0v) is 17.4. The van der Waals surface area contributed by atoms with Crippen LogP contribution in [0.4, 0.5) is 5.82 Å². The minimum absolute atomic E-state index is 0.0991. The second-order valence-corrected chi connectivity index (χ2v) is 7.53. The Balaban J connectivity index is 1.69. The van der Waals surface area contributed by atoms with Gasteiger partial charge in [0.25, 0.3) is 0 Å². The smallest absolute Gasteiger partial charge is 0.224 e. The number of aliphatic hydroxyl groups excluding tert-OH is 1. The number of hydrogen-bond donors (Lipinski definition) is 2. The molecule has 3 heterocycles. The van der Waals surface area contributed by atoms with Crippen molar-refractivity contribution >= 4 is 5.82 Å². The van der Waals surface area contributed by atoms with Crippen molar-refractivity contribution in [1.29, 1.82) is 5.26 Å². The van der Waals surface area contributed by atoms with Gasteiger partial charge in [-0.05, 0) is 38.3 Å². The van der Waals surface area contributed by atoms with Gasteiger partial charge >= 0.3 is 0 Å². The van der Waals surface area contributed by atoms with Crippen LogP contribution in [0.5, 0.6) is 11.6 Å². The van der Waals surface area contributed by atoms with Crippen molar-refractivity contribution in [2.75, 3.05) is 24.5 Å². The molecule has 2 aromatic heterocycles. The van der Waals surface area contributed by atoms with E-state index < -0.39 is 6.10 Å². The highest BCUT2D eigenvalue weighted by Gasteiger charge is 2.17. The number of aliphatic hydroxyl groups is 1. The summed E-state index contributed by atoms with van der Waals surface area (Å²) in [6.07, 6.45) is 5.97. The molecule has 0 unspecified atom stereocenters. The van der Waals surface area contributed by atoms with Gasteiger partial charge in [-0.15, -0.1) is 0 Å². The lowest BCUT2D eigenvalue weighted by atomic mass is 10.1. The van der Waals surface area contributed by atoms with Gasteiger partial charge in [0.1, 0.15) is 17.3 Å². The molecule has 9 heteroatoms. The van der Waals surface area contributed by atoms with E-state index in [1.807, 2.05) is 13.0 Å². The fourth-order valence-corrected chi connectivity index (χ4v) is 3.61. The van der Waals surface area contributed by atoms with Crippen molar-refractivity contribution in [3.8, 4) is 23.4 Å². The number of aryl methyl sites for hydroxylation is 1. The lowest BCUT2D eigenvalue weighted by Crippen LogP contribution is -2.30. The first-order valence-electron chi connectivity index (χ1n) is 10.3. The van der Waals surface area contributed by atoms with Crippen LogP contribution in [0.2, 0.25) is 0 Å². The minimum atomic E-state index is -0.798. The van der Waals surface area contributed by atoms with Gasteiger partial charge in [-0.25, -0.2) is 9.67 Å². The van der Waals surface area contributed by atoms with E-state index in [9.17, 15) is 10.4 Å². The molecule has 1 atom stereocenters. The minimum Gasteiger partial charge on any atom is -0.437 e. The third-order valence-electron chi connectivity index (χ3n) is 5.24. The maximum atomic E-state index is 9.99. The Bertz CT molecular complexity index is 1100. The van der Waals surface area contributed by atoms with Crippen molar-refractivity contribution in [1.82, 2.24) is 19.7 Å². The van der Waals surface area contributed by atoms with Gasteiger partial charge in [-0.3, -0.25) is 0 Å². The van der Waals surface area contributed by atoms with Crippen LogP contribution in [0, 0.1) is 18.3 Å². The number of nitrogens with two attached hydrogens (primary N) is 1. The summed E-state index contributed by atoms with van der Waals surface area (Å²) in [7, 11) is 0. The first-order valence-corrected chi connectivity index (χ1v) is 10.3. The molecule has 4 rings (SSSR count). The van der Waals surface area contributed by atoms with Crippen LogP contribution in [0.25, 0.3) is 5.69 Å². The molecule has 0 amide bonds. The van der Waals surface area contributed by atoms with Crippen LogP contribution in [-0.4, -0.2) is 44.5 Å². The number of piperidine rings is 1. The maximum absolute atomic E-state index is 9.99. The lowest BCUT2D eigenvalue weighted by molar-refractivity contribution is 0.186. The molecule has 160 valence electrons. The zero-order valence-electron chi connectivity index (χ0n) is 17.4. The Morgan fingerprint density at radius 3 is 2.77 bits per heavy atom. The molecule has 1 fully saturated rings. The lowest BCUT2D eigenvalue weighted by Gasteiger charge is -2.28. The third kappa shape index (κ3) is 4.66. The number of nitrogens with zero attached hydrogens (tertiary/aromatic N) is 6. The van der Waals surface area contributed by atoms with Gasteiger partial charge in [-0.1, -0.05) is 0 Å². The van der Waals surface area contributed by atoms with Gasteiger partial charge in [0.2, 0.25) is 5.88 Å². The predicted octanol–water partition coefficient (Wildman–Crippen LogP) is 2.62. The molecule has 0 radical (unpaired) electrons.